The molecule has 5 nitrogen and oxygen atoms in total. The normalized spacial score (nSPS) is 28.8. The molecular weight excluding hydrogens is 220 g/mol. The van der Waals surface area contributed by atoms with Crippen LogP contribution in [0.3, 0.4) is 0 Å². The molecule has 3 aliphatic heterocycles. The summed E-state index contributed by atoms with van der Waals surface area (Å²) in [6, 6.07) is 0.821. The molecule has 3 fully saturated rings. The maximum Gasteiger partial charge on any atom is 0.410 e. The van der Waals surface area contributed by atoms with E-state index in [2.05, 4.69) is 4.90 Å². The highest BCUT2D eigenvalue weighted by molar-refractivity contribution is 5.68. The fraction of sp³-hybridized carbons (Fsp3) is 0.917. The molecular formula is C12H22N2O3. The van der Waals surface area contributed by atoms with Crippen molar-refractivity contribution in [1.82, 2.24) is 9.80 Å². The average Bonchev–Trinajstić information content (AvgIpc) is 2.23. The number of carbonyl (C=O) groups is 1. The molecule has 2 unspecified atom stereocenters. The Hall–Kier alpha value is -0.810. The van der Waals surface area contributed by atoms with Crippen LogP contribution in [0.5, 0.6) is 0 Å². The Morgan fingerprint density at radius 2 is 1.94 bits per heavy atom. The molecule has 3 rings (SSSR count). The van der Waals surface area contributed by atoms with Gasteiger partial charge in [0.15, 0.2) is 0 Å². The quantitative estimate of drug-likeness (QED) is 0.773. The summed E-state index contributed by atoms with van der Waals surface area (Å²) in [6.07, 6.45) is 0.926. The summed E-state index contributed by atoms with van der Waals surface area (Å²) in [5.41, 5.74) is -0.427. The van der Waals surface area contributed by atoms with Gasteiger partial charge in [0.25, 0.3) is 0 Å². The van der Waals surface area contributed by atoms with Crippen LogP contribution in [-0.2, 0) is 4.74 Å². The van der Waals surface area contributed by atoms with Gasteiger partial charge in [-0.3, -0.25) is 4.90 Å². The summed E-state index contributed by atoms with van der Waals surface area (Å²) in [6.45, 7) is 8.02. The van der Waals surface area contributed by atoms with Crippen molar-refractivity contribution in [3.63, 3.8) is 0 Å². The fourth-order valence-electron chi connectivity index (χ4n) is 2.64. The first-order valence-electron chi connectivity index (χ1n) is 6.25. The average molecular weight is 242 g/mol. The molecule has 3 saturated heterocycles. The number of hydrogen-bond acceptors (Lipinski definition) is 4. The third kappa shape index (κ3) is 2.72. The molecule has 0 saturated carbocycles. The first-order chi connectivity index (χ1) is 7.90. The van der Waals surface area contributed by atoms with E-state index in [9.17, 15) is 4.79 Å². The minimum absolute atomic E-state index is 0.194. The third-order valence-electron chi connectivity index (χ3n) is 3.35. The van der Waals surface area contributed by atoms with Crippen LogP contribution in [0.25, 0.3) is 0 Å². The SMILES string of the molecule is CC(C)(C)OC(=O)N1CC2CC(C1)N2CCO. The van der Waals surface area contributed by atoms with Gasteiger partial charge in [-0.1, -0.05) is 0 Å². The topological polar surface area (TPSA) is 53.0 Å². The predicted molar refractivity (Wildman–Crippen MR) is 63.8 cm³/mol. The Morgan fingerprint density at radius 1 is 1.35 bits per heavy atom. The van der Waals surface area contributed by atoms with Gasteiger partial charge in [0.05, 0.1) is 6.61 Å². The molecule has 0 aliphatic carbocycles. The molecule has 0 aromatic heterocycles. The van der Waals surface area contributed by atoms with Crippen molar-refractivity contribution in [3.05, 3.63) is 0 Å². The van der Waals surface area contributed by atoms with Crippen LogP contribution in [0.2, 0.25) is 0 Å². The number of piperazine rings is 1. The van der Waals surface area contributed by atoms with E-state index in [1.54, 1.807) is 4.90 Å². The third-order valence-corrected chi connectivity index (χ3v) is 3.35. The van der Waals surface area contributed by atoms with Crippen molar-refractivity contribution in [2.24, 2.45) is 0 Å². The summed E-state index contributed by atoms with van der Waals surface area (Å²) in [4.78, 5) is 15.9. The van der Waals surface area contributed by atoms with Gasteiger partial charge in [0.1, 0.15) is 5.60 Å². The van der Waals surface area contributed by atoms with Gasteiger partial charge in [0, 0.05) is 31.7 Å². The van der Waals surface area contributed by atoms with Crippen LogP contribution in [0.15, 0.2) is 0 Å². The summed E-state index contributed by atoms with van der Waals surface area (Å²) < 4.78 is 5.36. The molecule has 1 N–H and O–H groups in total. The van der Waals surface area contributed by atoms with Crippen LogP contribution in [-0.4, -0.2) is 64.9 Å². The second-order valence-electron chi connectivity index (χ2n) is 5.89. The van der Waals surface area contributed by atoms with E-state index in [1.165, 1.54) is 0 Å². The molecule has 2 bridgehead atoms. The number of carbonyl (C=O) groups excluding carboxylic acids is 1. The van der Waals surface area contributed by atoms with Gasteiger partial charge in [-0.2, -0.15) is 0 Å². The molecule has 0 radical (unpaired) electrons. The van der Waals surface area contributed by atoms with E-state index in [-0.39, 0.29) is 12.7 Å². The lowest BCUT2D eigenvalue weighted by Crippen LogP contribution is -2.69. The monoisotopic (exact) mass is 242 g/mol. The van der Waals surface area contributed by atoms with Crippen LogP contribution in [0.1, 0.15) is 27.2 Å². The summed E-state index contributed by atoms with van der Waals surface area (Å²) in [5, 5.41) is 8.94. The number of fused-ring (bicyclic) bond motifs is 2. The molecule has 3 heterocycles. The maximum absolute atomic E-state index is 11.9. The molecule has 5 heteroatoms. The highest BCUT2D eigenvalue weighted by Gasteiger charge is 2.46. The maximum atomic E-state index is 11.9. The van der Waals surface area contributed by atoms with Crippen molar-refractivity contribution in [3.8, 4) is 0 Å². The summed E-state index contributed by atoms with van der Waals surface area (Å²) >= 11 is 0. The van der Waals surface area contributed by atoms with Gasteiger partial charge in [-0.05, 0) is 27.2 Å². The number of aliphatic hydroxyl groups is 1. The van der Waals surface area contributed by atoms with E-state index in [4.69, 9.17) is 9.84 Å². The highest BCUT2D eigenvalue weighted by Crippen LogP contribution is 2.32. The first kappa shape index (κ1) is 12.6. The highest BCUT2D eigenvalue weighted by atomic mass is 16.6. The van der Waals surface area contributed by atoms with Crippen molar-refractivity contribution in [2.75, 3.05) is 26.2 Å². The molecule has 2 atom stereocenters. The Kier molecular flexibility index (Phi) is 3.32. The lowest BCUT2D eigenvalue weighted by molar-refractivity contribution is -0.0780. The Labute approximate surface area is 102 Å². The zero-order valence-corrected chi connectivity index (χ0v) is 10.8. The molecule has 1 amide bonds. The number of aliphatic hydroxyl groups excluding tert-OH is 1. The van der Waals surface area contributed by atoms with Crippen molar-refractivity contribution < 1.29 is 14.6 Å². The van der Waals surface area contributed by atoms with Crippen LogP contribution in [0.4, 0.5) is 4.79 Å². The standard InChI is InChI=1S/C12H22N2O3/c1-12(2,3)17-11(16)13-7-9-6-10(8-13)14(9)4-5-15/h9-10,15H,4-8H2,1-3H3. The summed E-state index contributed by atoms with van der Waals surface area (Å²) in [7, 11) is 0. The van der Waals surface area contributed by atoms with Gasteiger partial charge in [0.2, 0.25) is 0 Å². The Balaban J connectivity index is 1.85. The molecule has 3 aliphatic rings. The number of piperidine rings is 1. The minimum atomic E-state index is -0.427. The van der Waals surface area contributed by atoms with Crippen molar-refractivity contribution in [1.29, 1.82) is 0 Å². The van der Waals surface area contributed by atoms with Gasteiger partial charge >= 0.3 is 6.09 Å². The van der Waals surface area contributed by atoms with Crippen LogP contribution in [0, 0.1) is 0 Å². The molecule has 98 valence electrons. The minimum Gasteiger partial charge on any atom is -0.444 e. The van der Waals surface area contributed by atoms with Crippen molar-refractivity contribution in [2.45, 2.75) is 44.9 Å². The van der Waals surface area contributed by atoms with E-state index >= 15 is 0 Å². The van der Waals surface area contributed by atoms with Crippen molar-refractivity contribution >= 4 is 6.09 Å². The van der Waals surface area contributed by atoms with E-state index in [1.807, 2.05) is 20.8 Å². The lowest BCUT2D eigenvalue weighted by atomic mass is 9.88. The zero-order valence-electron chi connectivity index (χ0n) is 10.8. The second kappa shape index (κ2) is 4.46. The smallest absolute Gasteiger partial charge is 0.410 e. The van der Waals surface area contributed by atoms with E-state index < -0.39 is 5.60 Å². The number of amides is 1. The van der Waals surface area contributed by atoms with E-state index in [0.717, 1.165) is 26.1 Å². The molecule has 0 spiro atoms. The molecule has 0 aromatic carbocycles. The van der Waals surface area contributed by atoms with Crippen LogP contribution >= 0.6 is 0 Å². The van der Waals surface area contributed by atoms with E-state index in [0.29, 0.717) is 12.1 Å². The van der Waals surface area contributed by atoms with Gasteiger partial charge in [-0.15, -0.1) is 0 Å². The predicted octanol–water partition coefficient (Wildman–Crippen LogP) is 0.672. The zero-order chi connectivity index (χ0) is 12.6. The number of ether oxygens (including phenoxy) is 1. The Bertz CT molecular complexity index is 289. The number of rotatable bonds is 2. The largest absolute Gasteiger partial charge is 0.444 e. The molecule has 17 heavy (non-hydrogen) atoms. The van der Waals surface area contributed by atoms with Crippen LogP contribution < -0.4 is 0 Å². The van der Waals surface area contributed by atoms with Gasteiger partial charge < -0.3 is 14.7 Å². The second-order valence-corrected chi connectivity index (χ2v) is 5.89. The molecule has 0 aromatic rings. The number of hydrogen-bond donors (Lipinski definition) is 1. The van der Waals surface area contributed by atoms with Gasteiger partial charge in [-0.25, -0.2) is 4.79 Å². The Morgan fingerprint density at radius 3 is 2.41 bits per heavy atom. The lowest BCUT2D eigenvalue weighted by Gasteiger charge is -2.56. The first-order valence-corrected chi connectivity index (χ1v) is 6.25. The number of nitrogens with zero attached hydrogens (tertiary/aromatic N) is 2. The fourth-order valence-corrected chi connectivity index (χ4v) is 2.64. The summed E-state index contributed by atoms with van der Waals surface area (Å²) in [5.74, 6) is 0.